The highest BCUT2D eigenvalue weighted by atomic mass is 35.5. The minimum atomic E-state index is -3.43. The Bertz CT molecular complexity index is 1250. The number of ether oxygens (including phenoxy) is 1. The lowest BCUT2D eigenvalue weighted by molar-refractivity contribution is 0.103. The van der Waals surface area contributed by atoms with Crippen LogP contribution in [-0.4, -0.2) is 51.6 Å². The van der Waals surface area contributed by atoms with Gasteiger partial charge in [-0.3, -0.25) is 9.52 Å². The number of carbonyl (C=O) groups excluding carboxylic acids is 1. The number of unbranched alkanes of at least 4 members (excludes halogenated alkanes) is 2. The summed E-state index contributed by atoms with van der Waals surface area (Å²) >= 11 is 0. The first kappa shape index (κ1) is 30.7. The van der Waals surface area contributed by atoms with E-state index >= 15 is 0 Å². The van der Waals surface area contributed by atoms with Gasteiger partial charge in [-0.1, -0.05) is 26.7 Å². The molecule has 0 fully saturated rings. The van der Waals surface area contributed by atoms with Crippen molar-refractivity contribution in [3.8, 4) is 5.75 Å². The number of rotatable bonds is 15. The maximum Gasteiger partial charge on any atom is 0.229 e. The van der Waals surface area contributed by atoms with Crippen molar-refractivity contribution in [2.24, 2.45) is 0 Å². The Kier molecular flexibility index (Phi) is 11.9. The molecule has 0 amide bonds. The molecule has 0 unspecified atom stereocenters. The summed E-state index contributed by atoms with van der Waals surface area (Å²) in [6.07, 6.45) is 6.90. The SMILES string of the molecule is CCCCN(CCCC)CCCOc1ccc(C(=O)c2c(C)oc3ccc(NS(C)(=O)=O)cc23)cc1.Cl. The minimum Gasteiger partial charge on any atom is -0.494 e. The van der Waals surface area contributed by atoms with Crippen LogP contribution in [0.25, 0.3) is 11.0 Å². The molecule has 0 aliphatic rings. The summed E-state index contributed by atoms with van der Waals surface area (Å²) in [6, 6.07) is 12.0. The Labute approximate surface area is 227 Å². The molecule has 0 aliphatic heterocycles. The fourth-order valence-corrected chi connectivity index (χ4v) is 4.76. The average molecular weight is 551 g/mol. The number of anilines is 1. The summed E-state index contributed by atoms with van der Waals surface area (Å²) in [5.41, 5.74) is 1.85. The lowest BCUT2D eigenvalue weighted by atomic mass is 10.00. The van der Waals surface area contributed by atoms with E-state index in [4.69, 9.17) is 9.15 Å². The quantitative estimate of drug-likeness (QED) is 0.173. The highest BCUT2D eigenvalue weighted by Gasteiger charge is 2.20. The highest BCUT2D eigenvalue weighted by Crippen LogP contribution is 2.30. The number of nitrogens with one attached hydrogen (secondary N) is 1. The summed E-state index contributed by atoms with van der Waals surface area (Å²) in [7, 11) is -3.43. The summed E-state index contributed by atoms with van der Waals surface area (Å²) in [6.45, 7) is 10.1. The molecule has 0 radical (unpaired) electrons. The van der Waals surface area contributed by atoms with Gasteiger partial charge in [0.1, 0.15) is 17.1 Å². The van der Waals surface area contributed by atoms with Crippen LogP contribution in [0.1, 0.15) is 67.6 Å². The van der Waals surface area contributed by atoms with Crippen molar-refractivity contribution >= 4 is 44.9 Å². The van der Waals surface area contributed by atoms with Crippen molar-refractivity contribution in [1.29, 1.82) is 0 Å². The third kappa shape index (κ3) is 9.05. The summed E-state index contributed by atoms with van der Waals surface area (Å²) in [4.78, 5) is 15.8. The maximum atomic E-state index is 13.3. The molecule has 0 saturated heterocycles. The molecule has 0 spiro atoms. The fraction of sp³-hybridized carbons (Fsp3) is 0.464. The van der Waals surface area contributed by atoms with Crippen molar-refractivity contribution in [3.63, 3.8) is 0 Å². The Balaban J connectivity index is 0.00000481. The van der Waals surface area contributed by atoms with Gasteiger partial charge < -0.3 is 14.1 Å². The molecule has 2 aromatic carbocycles. The predicted molar refractivity (Wildman–Crippen MR) is 153 cm³/mol. The number of sulfonamides is 1. The van der Waals surface area contributed by atoms with Crippen LogP contribution in [0.2, 0.25) is 0 Å². The number of fused-ring (bicyclic) bond motifs is 1. The first-order chi connectivity index (χ1) is 17.2. The van der Waals surface area contributed by atoms with Crippen LogP contribution in [0.4, 0.5) is 5.69 Å². The summed E-state index contributed by atoms with van der Waals surface area (Å²) in [5, 5.41) is 0.571. The van der Waals surface area contributed by atoms with Gasteiger partial charge in [0.15, 0.2) is 5.78 Å². The topological polar surface area (TPSA) is 88.8 Å². The van der Waals surface area contributed by atoms with E-state index in [2.05, 4.69) is 23.5 Å². The minimum absolute atomic E-state index is 0. The number of benzene rings is 2. The van der Waals surface area contributed by atoms with Crippen molar-refractivity contribution in [1.82, 2.24) is 4.90 Å². The summed E-state index contributed by atoms with van der Waals surface area (Å²) in [5.74, 6) is 1.04. The molecule has 9 heteroatoms. The van der Waals surface area contributed by atoms with Crippen molar-refractivity contribution in [2.45, 2.75) is 52.9 Å². The first-order valence-corrected chi connectivity index (χ1v) is 14.6. The number of nitrogens with zero attached hydrogens (tertiary/aromatic N) is 1. The van der Waals surface area contributed by atoms with E-state index in [1.807, 2.05) is 12.1 Å². The number of ketones is 1. The average Bonchev–Trinajstić information content (AvgIpc) is 3.16. The van der Waals surface area contributed by atoms with Crippen molar-refractivity contribution in [2.75, 3.05) is 37.2 Å². The van der Waals surface area contributed by atoms with Crippen LogP contribution in [0.15, 0.2) is 46.9 Å². The van der Waals surface area contributed by atoms with Gasteiger partial charge in [-0.05, 0) is 81.7 Å². The van der Waals surface area contributed by atoms with E-state index in [1.54, 1.807) is 37.3 Å². The largest absolute Gasteiger partial charge is 0.494 e. The molecule has 3 rings (SSSR count). The first-order valence-electron chi connectivity index (χ1n) is 12.7. The number of hydrogen-bond acceptors (Lipinski definition) is 6. The van der Waals surface area contributed by atoms with E-state index in [-0.39, 0.29) is 18.2 Å². The Morgan fingerprint density at radius 3 is 2.19 bits per heavy atom. The molecule has 204 valence electrons. The van der Waals surface area contributed by atoms with E-state index in [1.165, 1.54) is 25.7 Å². The molecule has 3 aromatic rings. The van der Waals surface area contributed by atoms with Gasteiger partial charge >= 0.3 is 0 Å². The van der Waals surface area contributed by atoms with Gasteiger partial charge in [0, 0.05) is 23.2 Å². The molecule has 0 atom stereocenters. The van der Waals surface area contributed by atoms with Crippen LogP contribution in [-0.2, 0) is 10.0 Å². The lowest BCUT2D eigenvalue weighted by Crippen LogP contribution is -2.28. The predicted octanol–water partition coefficient (Wildman–Crippen LogP) is 6.44. The lowest BCUT2D eigenvalue weighted by Gasteiger charge is -2.21. The number of furan rings is 1. The molecule has 0 aliphatic carbocycles. The third-order valence-electron chi connectivity index (χ3n) is 6.05. The number of hydrogen-bond donors (Lipinski definition) is 1. The number of halogens is 1. The standard InChI is InChI=1S/C28H38N2O5S.ClH/c1-5-7-16-30(17-8-6-2)18-9-19-34-24-13-10-22(11-14-24)28(31)27-21(3)35-26-15-12-23(20-25(26)27)29-36(4,32)33;/h10-15,20,29H,5-9,16-19H2,1-4H3;1H. The Hall–Kier alpha value is -2.55. The van der Waals surface area contributed by atoms with Gasteiger partial charge in [0.2, 0.25) is 10.0 Å². The molecular formula is C28H39ClN2O5S. The van der Waals surface area contributed by atoms with Crippen molar-refractivity contribution in [3.05, 3.63) is 59.4 Å². The van der Waals surface area contributed by atoms with Crippen LogP contribution in [0.3, 0.4) is 0 Å². The Morgan fingerprint density at radius 2 is 1.59 bits per heavy atom. The second-order valence-electron chi connectivity index (χ2n) is 9.22. The molecule has 37 heavy (non-hydrogen) atoms. The molecule has 0 saturated carbocycles. The van der Waals surface area contributed by atoms with Gasteiger partial charge in [0.25, 0.3) is 0 Å². The monoisotopic (exact) mass is 550 g/mol. The van der Waals surface area contributed by atoms with Crippen LogP contribution in [0, 0.1) is 6.92 Å². The zero-order valence-electron chi connectivity index (χ0n) is 22.2. The van der Waals surface area contributed by atoms with Crippen LogP contribution >= 0.6 is 12.4 Å². The normalized spacial score (nSPS) is 11.5. The summed E-state index contributed by atoms with van der Waals surface area (Å²) < 4.78 is 37.3. The number of carbonyl (C=O) groups is 1. The van der Waals surface area contributed by atoms with E-state index < -0.39 is 10.0 Å². The van der Waals surface area contributed by atoms with Gasteiger partial charge in [-0.2, -0.15) is 0 Å². The maximum absolute atomic E-state index is 13.3. The second kappa shape index (κ2) is 14.4. The molecule has 1 heterocycles. The van der Waals surface area contributed by atoms with Gasteiger partial charge in [-0.25, -0.2) is 8.42 Å². The molecule has 1 N–H and O–H groups in total. The number of aryl methyl sites for hydroxylation is 1. The van der Waals surface area contributed by atoms with Gasteiger partial charge in [-0.15, -0.1) is 12.4 Å². The van der Waals surface area contributed by atoms with E-state index in [9.17, 15) is 13.2 Å². The van der Waals surface area contributed by atoms with E-state index in [0.717, 1.165) is 38.1 Å². The molecule has 1 aromatic heterocycles. The molecule has 0 bridgehead atoms. The van der Waals surface area contributed by atoms with Crippen LogP contribution < -0.4 is 9.46 Å². The zero-order valence-corrected chi connectivity index (χ0v) is 23.8. The zero-order chi connectivity index (χ0) is 26.1. The van der Waals surface area contributed by atoms with Crippen molar-refractivity contribution < 1.29 is 22.4 Å². The molecular weight excluding hydrogens is 512 g/mol. The fourth-order valence-electron chi connectivity index (χ4n) is 4.20. The second-order valence-corrected chi connectivity index (χ2v) is 11.0. The smallest absolute Gasteiger partial charge is 0.229 e. The Morgan fingerprint density at radius 1 is 0.973 bits per heavy atom. The van der Waals surface area contributed by atoms with Gasteiger partial charge in [0.05, 0.1) is 18.4 Å². The third-order valence-corrected chi connectivity index (χ3v) is 6.66. The van der Waals surface area contributed by atoms with E-state index in [0.29, 0.717) is 40.2 Å². The highest BCUT2D eigenvalue weighted by molar-refractivity contribution is 7.92. The molecule has 7 nitrogen and oxygen atoms in total. The van der Waals surface area contributed by atoms with Crippen LogP contribution in [0.5, 0.6) is 5.75 Å².